The zero-order chi connectivity index (χ0) is 15.0. The van der Waals surface area contributed by atoms with Crippen LogP contribution in [0.3, 0.4) is 0 Å². The molecule has 2 atom stereocenters. The lowest BCUT2D eigenvalue weighted by Gasteiger charge is -2.21. The van der Waals surface area contributed by atoms with Crippen LogP contribution in [0.4, 0.5) is 0 Å². The molecule has 0 aromatic heterocycles. The van der Waals surface area contributed by atoms with Crippen LogP contribution in [-0.2, 0) is 20.7 Å². The van der Waals surface area contributed by atoms with Gasteiger partial charge in [-0.1, -0.05) is 37.3 Å². The molecule has 1 aromatic carbocycles. The summed E-state index contributed by atoms with van der Waals surface area (Å²) >= 11 is 0. The van der Waals surface area contributed by atoms with Crippen LogP contribution in [0.5, 0.6) is 0 Å². The van der Waals surface area contributed by atoms with Gasteiger partial charge in [0, 0.05) is 12.3 Å². The van der Waals surface area contributed by atoms with E-state index >= 15 is 0 Å². The van der Waals surface area contributed by atoms with Crippen LogP contribution in [0.25, 0.3) is 0 Å². The van der Waals surface area contributed by atoms with Crippen molar-refractivity contribution < 1.29 is 14.3 Å². The lowest BCUT2D eigenvalue weighted by atomic mass is 9.98. The number of ether oxygens (including phenoxy) is 1. The predicted molar refractivity (Wildman–Crippen MR) is 73.5 cm³/mol. The fourth-order valence-electron chi connectivity index (χ4n) is 1.83. The average Bonchev–Trinajstić information content (AvgIpc) is 2.45. The lowest BCUT2D eigenvalue weighted by molar-refractivity contribution is -0.146. The number of carbonyl (C=O) groups is 2. The van der Waals surface area contributed by atoms with Gasteiger partial charge in [-0.3, -0.25) is 4.79 Å². The molecule has 0 spiro atoms. The van der Waals surface area contributed by atoms with Crippen LogP contribution in [0.15, 0.2) is 30.3 Å². The molecule has 0 saturated heterocycles. The van der Waals surface area contributed by atoms with Gasteiger partial charge in [0.05, 0.1) is 19.6 Å². The van der Waals surface area contributed by atoms with Crippen molar-refractivity contribution in [2.75, 3.05) is 7.11 Å². The Morgan fingerprint density at radius 2 is 2.00 bits per heavy atom. The first kappa shape index (κ1) is 15.7. The quantitative estimate of drug-likeness (QED) is 0.796. The summed E-state index contributed by atoms with van der Waals surface area (Å²) in [6.07, 6.45) is 0.360. The minimum Gasteiger partial charge on any atom is -0.467 e. The smallest absolute Gasteiger partial charge is 0.328 e. The Labute approximate surface area is 118 Å². The molecule has 0 heterocycles. The zero-order valence-electron chi connectivity index (χ0n) is 11.6. The summed E-state index contributed by atoms with van der Waals surface area (Å²) in [6, 6.07) is 10.4. The van der Waals surface area contributed by atoms with Crippen LogP contribution in [0.1, 0.15) is 18.9 Å². The number of nitriles is 1. The maximum absolute atomic E-state index is 12.0. The van der Waals surface area contributed by atoms with E-state index in [9.17, 15) is 9.59 Å². The van der Waals surface area contributed by atoms with Crippen molar-refractivity contribution in [1.82, 2.24) is 5.32 Å². The Morgan fingerprint density at radius 3 is 2.55 bits per heavy atom. The Morgan fingerprint density at radius 1 is 1.35 bits per heavy atom. The Balaban J connectivity index is 2.67. The third kappa shape index (κ3) is 4.73. The van der Waals surface area contributed by atoms with Crippen LogP contribution in [0, 0.1) is 17.2 Å². The van der Waals surface area contributed by atoms with E-state index in [0.29, 0.717) is 0 Å². The second kappa shape index (κ2) is 7.95. The number of methoxy groups -OCH3 is 1. The Kier molecular flexibility index (Phi) is 6.24. The van der Waals surface area contributed by atoms with Crippen molar-refractivity contribution in [2.24, 2.45) is 5.92 Å². The molecule has 0 unspecified atom stereocenters. The molecule has 0 aliphatic carbocycles. The molecule has 5 heteroatoms. The first-order chi connectivity index (χ1) is 9.58. The summed E-state index contributed by atoms with van der Waals surface area (Å²) in [7, 11) is 1.26. The van der Waals surface area contributed by atoms with Crippen LogP contribution in [0.2, 0.25) is 0 Å². The number of nitrogens with zero attached hydrogens (tertiary/aromatic N) is 1. The molecule has 1 amide bonds. The first-order valence-corrected chi connectivity index (χ1v) is 6.36. The molecule has 1 rings (SSSR count). The molecule has 20 heavy (non-hydrogen) atoms. The standard InChI is InChI=1S/C15H18N2O3/c1-11(8-9-16)14(15(19)20-2)17-13(18)10-12-6-4-3-5-7-12/h3-7,11,14H,8,10H2,1-2H3,(H,17,18)/t11-,14+/m0/s1. The number of hydrogen-bond donors (Lipinski definition) is 1. The largest absolute Gasteiger partial charge is 0.467 e. The monoisotopic (exact) mass is 274 g/mol. The zero-order valence-corrected chi connectivity index (χ0v) is 11.6. The number of nitrogens with one attached hydrogen (secondary N) is 1. The highest BCUT2D eigenvalue weighted by Crippen LogP contribution is 2.10. The third-order valence-corrected chi connectivity index (χ3v) is 2.96. The highest BCUT2D eigenvalue weighted by Gasteiger charge is 2.27. The second-order valence-electron chi connectivity index (χ2n) is 4.57. The molecule has 0 saturated carbocycles. The van der Waals surface area contributed by atoms with Crippen molar-refractivity contribution in [2.45, 2.75) is 25.8 Å². The lowest BCUT2D eigenvalue weighted by Crippen LogP contribution is -2.46. The van der Waals surface area contributed by atoms with Crippen molar-refractivity contribution >= 4 is 11.9 Å². The van der Waals surface area contributed by atoms with Crippen molar-refractivity contribution in [3.8, 4) is 6.07 Å². The van der Waals surface area contributed by atoms with Crippen molar-refractivity contribution in [3.05, 3.63) is 35.9 Å². The molecule has 0 radical (unpaired) electrons. The highest BCUT2D eigenvalue weighted by molar-refractivity contribution is 5.85. The molecule has 1 N–H and O–H groups in total. The van der Waals surface area contributed by atoms with Crippen LogP contribution in [-0.4, -0.2) is 25.0 Å². The van der Waals surface area contributed by atoms with E-state index in [1.807, 2.05) is 36.4 Å². The van der Waals surface area contributed by atoms with Gasteiger partial charge in [-0.05, 0) is 5.56 Å². The fourth-order valence-corrected chi connectivity index (χ4v) is 1.83. The summed E-state index contributed by atoms with van der Waals surface area (Å²) in [4.78, 5) is 23.6. The van der Waals surface area contributed by atoms with Crippen LogP contribution < -0.4 is 5.32 Å². The van der Waals surface area contributed by atoms with E-state index in [2.05, 4.69) is 10.1 Å². The van der Waals surface area contributed by atoms with Gasteiger partial charge < -0.3 is 10.1 Å². The van der Waals surface area contributed by atoms with E-state index in [1.165, 1.54) is 7.11 Å². The average molecular weight is 274 g/mol. The number of hydrogen-bond acceptors (Lipinski definition) is 4. The summed E-state index contributed by atoms with van der Waals surface area (Å²) in [6.45, 7) is 1.73. The van der Waals surface area contributed by atoms with Crippen LogP contribution >= 0.6 is 0 Å². The van der Waals surface area contributed by atoms with Gasteiger partial charge in [-0.15, -0.1) is 0 Å². The number of carbonyl (C=O) groups excluding carboxylic acids is 2. The van der Waals surface area contributed by atoms with E-state index in [1.54, 1.807) is 6.92 Å². The molecule has 5 nitrogen and oxygen atoms in total. The molecule has 0 aliphatic heterocycles. The minimum atomic E-state index is -0.795. The predicted octanol–water partition coefficient (Wildman–Crippen LogP) is 1.44. The second-order valence-corrected chi connectivity index (χ2v) is 4.57. The number of benzene rings is 1. The molecule has 1 aromatic rings. The highest BCUT2D eigenvalue weighted by atomic mass is 16.5. The van der Waals surface area contributed by atoms with Crippen molar-refractivity contribution in [1.29, 1.82) is 5.26 Å². The molecular formula is C15H18N2O3. The molecule has 106 valence electrons. The van der Waals surface area contributed by atoms with Gasteiger partial charge in [0.15, 0.2) is 0 Å². The number of amides is 1. The minimum absolute atomic E-state index is 0.172. The van der Waals surface area contributed by atoms with Gasteiger partial charge >= 0.3 is 5.97 Å². The van der Waals surface area contributed by atoms with Crippen molar-refractivity contribution in [3.63, 3.8) is 0 Å². The molecular weight excluding hydrogens is 256 g/mol. The van der Waals surface area contributed by atoms with E-state index in [4.69, 9.17) is 5.26 Å². The maximum Gasteiger partial charge on any atom is 0.328 e. The van der Waals surface area contributed by atoms with E-state index in [0.717, 1.165) is 5.56 Å². The van der Waals surface area contributed by atoms with Gasteiger partial charge in [-0.2, -0.15) is 5.26 Å². The molecule has 0 bridgehead atoms. The number of rotatable bonds is 6. The fraction of sp³-hybridized carbons (Fsp3) is 0.400. The summed E-state index contributed by atoms with van der Waals surface area (Å²) in [5.41, 5.74) is 0.863. The van der Waals surface area contributed by atoms with Gasteiger partial charge in [0.25, 0.3) is 0 Å². The summed E-state index contributed by atoms with van der Waals surface area (Å²) < 4.78 is 4.67. The first-order valence-electron chi connectivity index (χ1n) is 6.36. The maximum atomic E-state index is 12.0. The van der Waals surface area contributed by atoms with E-state index in [-0.39, 0.29) is 24.7 Å². The van der Waals surface area contributed by atoms with Gasteiger partial charge in [0.2, 0.25) is 5.91 Å². The topological polar surface area (TPSA) is 79.2 Å². The Hall–Kier alpha value is -2.35. The normalized spacial score (nSPS) is 12.8. The summed E-state index contributed by atoms with van der Waals surface area (Å²) in [5.74, 6) is -1.10. The van der Waals surface area contributed by atoms with E-state index < -0.39 is 12.0 Å². The molecule has 0 aliphatic rings. The SMILES string of the molecule is COC(=O)[C@H](NC(=O)Cc1ccccc1)[C@@H](C)CC#N. The number of esters is 1. The van der Waals surface area contributed by atoms with Gasteiger partial charge in [0.1, 0.15) is 6.04 Å². The summed E-state index contributed by atoms with van der Waals surface area (Å²) in [5, 5.41) is 11.3. The Bertz CT molecular complexity index is 494. The van der Waals surface area contributed by atoms with Gasteiger partial charge in [-0.25, -0.2) is 4.79 Å². The molecule has 0 fully saturated rings. The third-order valence-electron chi connectivity index (χ3n) is 2.96.